The molecule has 1 N–H and O–H groups in total. The normalized spacial score (nSPS) is 11.5. The Morgan fingerprint density at radius 2 is 1.93 bits per heavy atom. The fourth-order valence-electron chi connectivity index (χ4n) is 2.51. The molecular formula is C20H17Br2N3O3. The highest BCUT2D eigenvalue weighted by molar-refractivity contribution is 9.24. The molecule has 0 atom stereocenters. The van der Waals surface area contributed by atoms with Crippen molar-refractivity contribution < 1.29 is 13.9 Å². The van der Waals surface area contributed by atoms with Crippen molar-refractivity contribution in [2.75, 3.05) is 0 Å². The molecule has 0 spiro atoms. The summed E-state index contributed by atoms with van der Waals surface area (Å²) in [5.74, 6) is 0.827. The van der Waals surface area contributed by atoms with Crippen LogP contribution in [0.1, 0.15) is 35.6 Å². The van der Waals surface area contributed by atoms with Gasteiger partial charge in [-0.3, -0.25) is 0 Å². The number of hydrogen-bond acceptors (Lipinski definition) is 5. The maximum absolute atomic E-state index is 11.9. The van der Waals surface area contributed by atoms with E-state index in [2.05, 4.69) is 48.2 Å². The zero-order valence-corrected chi connectivity index (χ0v) is 18.6. The summed E-state index contributed by atoms with van der Waals surface area (Å²) < 4.78 is 11.0. The number of nitriles is 1. The highest BCUT2D eigenvalue weighted by atomic mass is 79.9. The Balaban J connectivity index is 1.88. The molecule has 0 aliphatic heterocycles. The molecular weight excluding hydrogens is 490 g/mol. The highest BCUT2D eigenvalue weighted by Crippen LogP contribution is 2.37. The molecule has 0 saturated heterocycles. The van der Waals surface area contributed by atoms with Crippen LogP contribution in [0.25, 0.3) is 22.6 Å². The number of rotatable bonds is 3. The van der Waals surface area contributed by atoms with Crippen molar-refractivity contribution in [3.63, 3.8) is 0 Å². The Hall–Kier alpha value is -2.37. The van der Waals surface area contributed by atoms with Crippen molar-refractivity contribution in [2.45, 2.75) is 30.0 Å². The van der Waals surface area contributed by atoms with Gasteiger partial charge in [-0.1, -0.05) is 31.9 Å². The van der Waals surface area contributed by atoms with Gasteiger partial charge in [0.15, 0.2) is 5.58 Å². The molecule has 0 radical (unpaired) electrons. The van der Waals surface area contributed by atoms with Crippen molar-refractivity contribution in [3.8, 4) is 23.3 Å². The van der Waals surface area contributed by atoms with Crippen LogP contribution in [0.3, 0.4) is 0 Å². The van der Waals surface area contributed by atoms with Crippen LogP contribution in [-0.4, -0.2) is 16.6 Å². The summed E-state index contributed by atoms with van der Waals surface area (Å²) in [5, 5.41) is 11.9. The first-order valence-electron chi connectivity index (χ1n) is 8.39. The summed E-state index contributed by atoms with van der Waals surface area (Å²) >= 11 is 6.90. The van der Waals surface area contributed by atoms with E-state index >= 15 is 0 Å². The third kappa shape index (κ3) is 4.72. The van der Waals surface area contributed by atoms with E-state index in [1.54, 1.807) is 36.4 Å². The molecule has 0 aliphatic carbocycles. The van der Waals surface area contributed by atoms with Gasteiger partial charge in [0.05, 0.1) is 15.4 Å². The quantitative estimate of drug-likeness (QED) is 0.437. The molecule has 28 heavy (non-hydrogen) atoms. The first kappa shape index (κ1) is 20.4. The van der Waals surface area contributed by atoms with Gasteiger partial charge in [0.25, 0.3) is 0 Å². The van der Waals surface area contributed by atoms with Crippen molar-refractivity contribution >= 4 is 49.1 Å². The number of oxazole rings is 1. The van der Waals surface area contributed by atoms with Gasteiger partial charge < -0.3 is 14.5 Å². The Morgan fingerprint density at radius 3 is 2.50 bits per heavy atom. The molecule has 8 heteroatoms. The molecule has 3 aromatic rings. The van der Waals surface area contributed by atoms with Crippen molar-refractivity contribution in [3.05, 3.63) is 47.5 Å². The van der Waals surface area contributed by atoms with E-state index < -0.39 is 6.09 Å². The lowest BCUT2D eigenvalue weighted by molar-refractivity contribution is 0.190. The number of aromatic nitrogens is 1. The van der Waals surface area contributed by atoms with E-state index in [1.807, 2.05) is 20.8 Å². The third-order valence-corrected chi connectivity index (χ3v) is 4.66. The second kappa shape index (κ2) is 7.94. The van der Waals surface area contributed by atoms with Crippen LogP contribution in [0, 0.1) is 11.3 Å². The predicted molar refractivity (Wildman–Crippen MR) is 114 cm³/mol. The fourth-order valence-corrected chi connectivity index (χ4v) is 3.19. The molecule has 0 bridgehead atoms. The number of benzene rings is 2. The molecule has 0 unspecified atom stereocenters. The highest BCUT2D eigenvalue weighted by Gasteiger charge is 2.18. The standard InChI is InChI=1S/C20H17Br2N3O3/c1-20(2,3)25-19(26)27-13-6-4-12(5-7-13)18-24-15-9-11(10-23)8-14(17(21)22)16(15)28-18/h4-9,17H,1-3H3,(H,25,26). The van der Waals surface area contributed by atoms with Crippen LogP contribution in [0.15, 0.2) is 40.8 Å². The molecule has 1 aromatic heterocycles. The van der Waals surface area contributed by atoms with Gasteiger partial charge >= 0.3 is 6.09 Å². The van der Waals surface area contributed by atoms with Crippen LogP contribution >= 0.6 is 31.9 Å². The Labute approximate surface area is 179 Å². The van der Waals surface area contributed by atoms with Crippen LogP contribution < -0.4 is 10.1 Å². The lowest BCUT2D eigenvalue weighted by Crippen LogP contribution is -2.42. The lowest BCUT2D eigenvalue weighted by atomic mass is 10.1. The van der Waals surface area contributed by atoms with Crippen molar-refractivity contribution in [2.24, 2.45) is 0 Å². The Morgan fingerprint density at radius 1 is 1.25 bits per heavy atom. The predicted octanol–water partition coefficient (Wildman–Crippen LogP) is 6.04. The number of nitrogens with one attached hydrogen (secondary N) is 1. The first-order valence-corrected chi connectivity index (χ1v) is 10.2. The van der Waals surface area contributed by atoms with Gasteiger partial charge in [0.2, 0.25) is 5.89 Å². The number of hydrogen-bond donors (Lipinski definition) is 1. The van der Waals surface area contributed by atoms with Gasteiger partial charge in [-0.2, -0.15) is 5.26 Å². The number of fused-ring (bicyclic) bond motifs is 1. The van der Waals surface area contributed by atoms with E-state index in [0.717, 1.165) is 11.1 Å². The molecule has 1 heterocycles. The zero-order chi connectivity index (χ0) is 20.5. The third-order valence-electron chi connectivity index (χ3n) is 3.67. The zero-order valence-electron chi connectivity index (χ0n) is 15.4. The topological polar surface area (TPSA) is 88.1 Å². The van der Waals surface area contributed by atoms with Gasteiger partial charge in [0.1, 0.15) is 11.3 Å². The smallest absolute Gasteiger partial charge is 0.413 e. The van der Waals surface area contributed by atoms with E-state index in [0.29, 0.717) is 28.3 Å². The summed E-state index contributed by atoms with van der Waals surface area (Å²) in [6.07, 6.45) is -0.517. The molecule has 3 rings (SSSR count). The minimum atomic E-state index is -0.517. The van der Waals surface area contributed by atoms with Gasteiger partial charge in [-0.25, -0.2) is 9.78 Å². The molecule has 0 saturated carbocycles. The number of ether oxygens (including phenoxy) is 1. The van der Waals surface area contributed by atoms with Crippen LogP contribution in [0.2, 0.25) is 0 Å². The number of nitrogens with zero attached hydrogens (tertiary/aromatic N) is 2. The average Bonchev–Trinajstić information content (AvgIpc) is 3.03. The SMILES string of the molecule is CC(C)(C)NC(=O)Oc1ccc(-c2nc3cc(C#N)cc(C(Br)Br)c3o2)cc1. The van der Waals surface area contributed by atoms with E-state index in [-0.39, 0.29) is 9.28 Å². The summed E-state index contributed by atoms with van der Waals surface area (Å²) in [6.45, 7) is 5.63. The molecule has 2 aromatic carbocycles. The van der Waals surface area contributed by atoms with Crippen molar-refractivity contribution in [1.82, 2.24) is 10.3 Å². The lowest BCUT2D eigenvalue weighted by Gasteiger charge is -2.19. The number of carbonyl (C=O) groups is 1. The van der Waals surface area contributed by atoms with Gasteiger partial charge in [-0.05, 0) is 57.2 Å². The Bertz CT molecular complexity index is 1060. The second-order valence-corrected chi connectivity index (χ2v) is 10.2. The second-order valence-electron chi connectivity index (χ2n) is 7.13. The molecule has 144 valence electrons. The fraction of sp³-hybridized carbons (Fsp3) is 0.250. The summed E-state index contributed by atoms with van der Waals surface area (Å²) in [5.41, 5.74) is 2.82. The maximum atomic E-state index is 11.9. The maximum Gasteiger partial charge on any atom is 0.413 e. The van der Waals surface area contributed by atoms with Crippen molar-refractivity contribution in [1.29, 1.82) is 5.26 Å². The van der Waals surface area contributed by atoms with E-state index in [1.165, 1.54) is 0 Å². The van der Waals surface area contributed by atoms with Gasteiger partial charge in [0, 0.05) is 16.7 Å². The number of carbonyl (C=O) groups excluding carboxylic acids is 1. The van der Waals surface area contributed by atoms with E-state index in [4.69, 9.17) is 9.15 Å². The largest absolute Gasteiger partial charge is 0.436 e. The molecule has 0 aliphatic rings. The summed E-state index contributed by atoms with van der Waals surface area (Å²) in [7, 11) is 0. The number of halogens is 2. The van der Waals surface area contributed by atoms with Crippen LogP contribution in [0.4, 0.5) is 4.79 Å². The monoisotopic (exact) mass is 505 g/mol. The summed E-state index contributed by atoms with van der Waals surface area (Å²) in [6, 6.07) is 12.4. The summed E-state index contributed by atoms with van der Waals surface area (Å²) in [4.78, 5) is 16.4. The molecule has 1 amide bonds. The van der Waals surface area contributed by atoms with Gasteiger partial charge in [-0.15, -0.1) is 0 Å². The van der Waals surface area contributed by atoms with E-state index in [9.17, 15) is 10.1 Å². The minimum Gasteiger partial charge on any atom is -0.436 e. The minimum absolute atomic E-state index is 0.172. The Kier molecular flexibility index (Phi) is 5.77. The number of alkyl halides is 2. The average molecular weight is 507 g/mol. The van der Waals surface area contributed by atoms with Crippen LogP contribution in [-0.2, 0) is 0 Å². The molecule has 6 nitrogen and oxygen atoms in total. The first-order chi connectivity index (χ1) is 13.2. The molecule has 0 fully saturated rings. The number of amides is 1. The van der Waals surface area contributed by atoms with Crippen LogP contribution in [0.5, 0.6) is 5.75 Å².